The molecule has 10 nitrogen and oxygen atoms in total. The zero-order chi connectivity index (χ0) is 24.5. The predicted molar refractivity (Wildman–Crippen MR) is 120 cm³/mol. The van der Waals surface area contributed by atoms with Crippen molar-refractivity contribution in [3.63, 3.8) is 0 Å². The molecule has 180 valence electrons. The number of pyridine rings is 1. The highest BCUT2D eigenvalue weighted by molar-refractivity contribution is 7.89. The second kappa shape index (κ2) is 9.51. The van der Waals surface area contributed by atoms with E-state index < -0.39 is 33.7 Å². The fourth-order valence-corrected chi connectivity index (χ4v) is 5.94. The van der Waals surface area contributed by atoms with Crippen LogP contribution in [0.25, 0.3) is 0 Å². The van der Waals surface area contributed by atoms with Gasteiger partial charge < -0.3 is 9.47 Å². The van der Waals surface area contributed by atoms with Crippen LogP contribution in [0.5, 0.6) is 5.75 Å². The summed E-state index contributed by atoms with van der Waals surface area (Å²) in [4.78, 5) is 42.5. The van der Waals surface area contributed by atoms with Crippen LogP contribution in [0.1, 0.15) is 46.2 Å². The third-order valence-electron chi connectivity index (χ3n) is 5.92. The molecule has 4 rings (SSSR count). The average Bonchev–Trinajstić information content (AvgIpc) is 3.09. The first-order valence-corrected chi connectivity index (χ1v) is 12.4. The Balaban J connectivity index is 1.61. The summed E-state index contributed by atoms with van der Waals surface area (Å²) < 4.78 is 38.7. The number of amides is 2. The second-order valence-electron chi connectivity index (χ2n) is 8.04. The predicted octanol–water partition coefficient (Wildman–Crippen LogP) is 1.85. The lowest BCUT2D eigenvalue weighted by Crippen LogP contribution is -2.42. The molecule has 1 aromatic carbocycles. The highest BCUT2D eigenvalue weighted by Gasteiger charge is 2.38. The van der Waals surface area contributed by atoms with Gasteiger partial charge in [0, 0.05) is 19.3 Å². The van der Waals surface area contributed by atoms with Gasteiger partial charge in [0.2, 0.25) is 10.0 Å². The van der Waals surface area contributed by atoms with Crippen molar-refractivity contribution in [3.8, 4) is 5.75 Å². The van der Waals surface area contributed by atoms with Crippen LogP contribution in [0.2, 0.25) is 0 Å². The molecular weight excluding hydrogens is 462 g/mol. The fraction of sp³-hybridized carbons (Fsp3) is 0.391. The molecule has 2 aliphatic rings. The molecular formula is C23H25N3O7S. The summed E-state index contributed by atoms with van der Waals surface area (Å²) in [6, 6.07) is 7.60. The number of benzene rings is 1. The van der Waals surface area contributed by atoms with Gasteiger partial charge in [-0.15, -0.1) is 0 Å². The summed E-state index contributed by atoms with van der Waals surface area (Å²) >= 11 is 0. The molecule has 1 aromatic heterocycles. The largest absolute Gasteiger partial charge is 0.495 e. The minimum atomic E-state index is -4.02. The van der Waals surface area contributed by atoms with E-state index in [4.69, 9.17) is 9.47 Å². The third-order valence-corrected chi connectivity index (χ3v) is 7.81. The number of carbonyl (C=O) groups is 3. The molecule has 0 radical (unpaired) electrons. The van der Waals surface area contributed by atoms with Crippen molar-refractivity contribution >= 4 is 27.8 Å². The van der Waals surface area contributed by atoms with E-state index in [0.29, 0.717) is 18.4 Å². The number of sulfonamides is 1. The number of fused-ring (bicyclic) bond motifs is 1. The van der Waals surface area contributed by atoms with E-state index >= 15 is 0 Å². The zero-order valence-electron chi connectivity index (χ0n) is 18.9. The summed E-state index contributed by atoms with van der Waals surface area (Å²) in [5, 5.41) is 0. The number of ether oxygens (including phenoxy) is 2. The van der Waals surface area contributed by atoms with Gasteiger partial charge in [0.1, 0.15) is 16.3 Å². The fourth-order valence-electron chi connectivity index (χ4n) is 4.21. The molecule has 0 N–H and O–H groups in total. The van der Waals surface area contributed by atoms with Crippen LogP contribution in [0, 0.1) is 5.92 Å². The Morgan fingerprint density at radius 1 is 1.21 bits per heavy atom. The number of methoxy groups -OCH3 is 1. The van der Waals surface area contributed by atoms with Gasteiger partial charge in [0.05, 0.1) is 31.7 Å². The van der Waals surface area contributed by atoms with Crippen LogP contribution in [0.4, 0.5) is 0 Å². The van der Waals surface area contributed by atoms with Crippen molar-refractivity contribution in [2.45, 2.75) is 31.2 Å². The van der Waals surface area contributed by atoms with E-state index in [1.54, 1.807) is 19.1 Å². The molecule has 2 aromatic rings. The molecule has 34 heavy (non-hydrogen) atoms. The lowest BCUT2D eigenvalue weighted by atomic mass is 10.0. The maximum absolute atomic E-state index is 13.5. The number of esters is 1. The van der Waals surface area contributed by atoms with Crippen molar-refractivity contribution in [2.75, 3.05) is 26.8 Å². The third kappa shape index (κ3) is 4.28. The number of hydrogen-bond acceptors (Lipinski definition) is 8. The van der Waals surface area contributed by atoms with E-state index in [1.807, 2.05) is 0 Å². The summed E-state index contributed by atoms with van der Waals surface area (Å²) in [7, 11) is -2.66. The number of aromatic nitrogens is 1. The average molecular weight is 488 g/mol. The lowest BCUT2D eigenvalue weighted by molar-refractivity contribution is -0.149. The van der Waals surface area contributed by atoms with Gasteiger partial charge >= 0.3 is 5.97 Å². The maximum atomic E-state index is 13.5. The van der Waals surface area contributed by atoms with E-state index in [0.717, 1.165) is 4.90 Å². The van der Waals surface area contributed by atoms with E-state index in [9.17, 15) is 22.8 Å². The first kappa shape index (κ1) is 23.8. The molecule has 0 spiro atoms. The molecule has 0 unspecified atom stereocenters. The topological polar surface area (TPSA) is 123 Å². The zero-order valence-corrected chi connectivity index (χ0v) is 19.7. The molecule has 3 heterocycles. The van der Waals surface area contributed by atoms with Crippen LogP contribution in [-0.2, 0) is 26.1 Å². The molecule has 0 saturated carbocycles. The summed E-state index contributed by atoms with van der Waals surface area (Å²) in [5.74, 6) is -1.84. The summed E-state index contributed by atoms with van der Waals surface area (Å²) in [6.45, 7) is 2.08. The number of rotatable bonds is 7. The smallest absolute Gasteiger partial charge is 0.310 e. The van der Waals surface area contributed by atoms with Crippen LogP contribution in [0.15, 0.2) is 41.4 Å². The van der Waals surface area contributed by atoms with Crippen LogP contribution >= 0.6 is 0 Å². The number of piperidine rings is 1. The Morgan fingerprint density at radius 3 is 2.71 bits per heavy atom. The summed E-state index contributed by atoms with van der Waals surface area (Å²) in [5.41, 5.74) is 0.729. The first-order valence-electron chi connectivity index (χ1n) is 10.9. The van der Waals surface area contributed by atoms with Crippen LogP contribution < -0.4 is 4.74 Å². The van der Waals surface area contributed by atoms with E-state index in [-0.39, 0.29) is 48.1 Å². The minimum Gasteiger partial charge on any atom is -0.495 e. The standard InChI is InChI=1S/C23H25N3O7S/c1-3-33-23(29)16-6-5-11-25(14-16)34(30,31)19-12-15(8-9-18(19)32-2)13-26-21(27)17-7-4-10-24-20(17)22(26)28/h4,7-10,12,16H,3,5-6,11,13-14H2,1-2H3/t16-/m1/s1. The van der Waals surface area contributed by atoms with Crippen molar-refractivity contribution in [2.24, 2.45) is 5.92 Å². The highest BCUT2D eigenvalue weighted by Crippen LogP contribution is 2.32. The van der Waals surface area contributed by atoms with Gasteiger partial charge in [-0.25, -0.2) is 8.42 Å². The van der Waals surface area contributed by atoms with E-state index in [2.05, 4.69) is 4.98 Å². The van der Waals surface area contributed by atoms with Gasteiger partial charge in [-0.05, 0) is 49.6 Å². The van der Waals surface area contributed by atoms with Crippen LogP contribution in [0.3, 0.4) is 0 Å². The highest BCUT2D eigenvalue weighted by atomic mass is 32.2. The van der Waals surface area contributed by atoms with Gasteiger partial charge in [0.15, 0.2) is 0 Å². The minimum absolute atomic E-state index is 0.0125. The van der Waals surface area contributed by atoms with Gasteiger partial charge in [-0.1, -0.05) is 6.07 Å². The summed E-state index contributed by atoms with van der Waals surface area (Å²) in [6.07, 6.45) is 2.51. The van der Waals surface area contributed by atoms with Gasteiger partial charge in [0.25, 0.3) is 11.8 Å². The SMILES string of the molecule is CCOC(=O)[C@@H]1CCCN(S(=O)(=O)c2cc(CN3C(=O)c4cccnc4C3=O)ccc2OC)C1. The van der Waals surface area contributed by atoms with Crippen molar-refractivity contribution in [1.29, 1.82) is 0 Å². The Kier molecular flexibility index (Phi) is 6.67. The van der Waals surface area contributed by atoms with Crippen molar-refractivity contribution < 1.29 is 32.3 Å². The quantitative estimate of drug-likeness (QED) is 0.428. The Hall–Kier alpha value is -3.31. The molecule has 2 aliphatic heterocycles. The Labute approximate surface area is 197 Å². The molecule has 1 atom stereocenters. The number of nitrogens with zero attached hydrogens (tertiary/aromatic N) is 3. The molecule has 2 amide bonds. The molecule has 0 aliphatic carbocycles. The Bertz CT molecular complexity index is 1210. The van der Waals surface area contributed by atoms with Gasteiger partial charge in [-0.2, -0.15) is 4.31 Å². The molecule has 11 heteroatoms. The maximum Gasteiger partial charge on any atom is 0.310 e. The second-order valence-corrected chi connectivity index (χ2v) is 9.94. The van der Waals surface area contributed by atoms with Crippen LogP contribution in [-0.4, -0.2) is 67.2 Å². The molecule has 1 fully saturated rings. The normalized spacial score (nSPS) is 18.6. The van der Waals surface area contributed by atoms with Gasteiger partial charge in [-0.3, -0.25) is 24.3 Å². The monoisotopic (exact) mass is 487 g/mol. The Morgan fingerprint density at radius 2 is 2.00 bits per heavy atom. The molecule has 1 saturated heterocycles. The number of carbonyl (C=O) groups excluding carboxylic acids is 3. The first-order chi connectivity index (χ1) is 16.3. The van der Waals surface area contributed by atoms with Crippen molar-refractivity contribution in [1.82, 2.24) is 14.2 Å². The number of imide groups is 1. The number of hydrogen-bond donors (Lipinski definition) is 0. The van der Waals surface area contributed by atoms with Crippen molar-refractivity contribution in [3.05, 3.63) is 53.3 Å². The lowest BCUT2D eigenvalue weighted by Gasteiger charge is -2.31. The van der Waals surface area contributed by atoms with E-state index in [1.165, 1.54) is 35.8 Å². The molecule has 0 bridgehead atoms.